The molecule has 0 spiro atoms. The van der Waals surface area contributed by atoms with Gasteiger partial charge < -0.3 is 5.32 Å². The summed E-state index contributed by atoms with van der Waals surface area (Å²) in [7, 11) is 0. The van der Waals surface area contributed by atoms with Crippen molar-refractivity contribution in [1.29, 1.82) is 0 Å². The Hall–Kier alpha value is -1.31. The average Bonchev–Trinajstić information content (AvgIpc) is 3.20. The molecule has 0 heterocycles. The van der Waals surface area contributed by atoms with Gasteiger partial charge in [-0.05, 0) is 69.3 Å². The number of nitrogens with one attached hydrogen (secondary N) is 1. The van der Waals surface area contributed by atoms with Crippen LogP contribution in [0, 0.1) is 24.2 Å². The van der Waals surface area contributed by atoms with Crippen LogP contribution in [0.3, 0.4) is 0 Å². The van der Waals surface area contributed by atoms with Gasteiger partial charge in [0.05, 0.1) is 5.41 Å². The summed E-state index contributed by atoms with van der Waals surface area (Å²) in [6, 6.07) is 8.78. The zero-order valence-corrected chi connectivity index (χ0v) is 16.7. The zero-order valence-electron chi connectivity index (χ0n) is 16.7. The molecule has 1 aromatic carbocycles. The van der Waals surface area contributed by atoms with Gasteiger partial charge >= 0.3 is 0 Å². The fourth-order valence-corrected chi connectivity index (χ4v) is 5.27. The largest absolute Gasteiger partial charge is 0.352 e. The Bertz CT molecular complexity index is 635. The van der Waals surface area contributed by atoms with Crippen molar-refractivity contribution in [3.05, 3.63) is 35.4 Å². The highest BCUT2D eigenvalue weighted by Gasteiger charge is 2.65. The predicted molar refractivity (Wildman–Crippen MR) is 105 cm³/mol. The van der Waals surface area contributed by atoms with E-state index in [1.54, 1.807) is 0 Å². The highest BCUT2D eigenvalue weighted by molar-refractivity contribution is 5.88. The average molecular weight is 342 g/mol. The third kappa shape index (κ3) is 3.25. The third-order valence-corrected chi connectivity index (χ3v) is 7.14. The topological polar surface area (TPSA) is 29.1 Å². The van der Waals surface area contributed by atoms with E-state index in [4.69, 9.17) is 0 Å². The van der Waals surface area contributed by atoms with Gasteiger partial charge in [-0.3, -0.25) is 4.79 Å². The molecule has 1 aromatic rings. The number of rotatable bonds is 6. The van der Waals surface area contributed by atoms with Crippen molar-refractivity contribution in [1.82, 2.24) is 5.32 Å². The van der Waals surface area contributed by atoms with Crippen LogP contribution in [-0.4, -0.2) is 11.9 Å². The van der Waals surface area contributed by atoms with Crippen molar-refractivity contribution in [2.24, 2.45) is 17.3 Å². The highest BCUT2D eigenvalue weighted by atomic mass is 16.2. The molecule has 2 saturated carbocycles. The number of hydrogen-bond donors (Lipinski definition) is 1. The molecular weight excluding hydrogens is 306 g/mol. The van der Waals surface area contributed by atoms with Crippen molar-refractivity contribution < 1.29 is 4.79 Å². The molecule has 0 aromatic heterocycles. The Balaban J connectivity index is 1.74. The van der Waals surface area contributed by atoms with Gasteiger partial charge in [0.15, 0.2) is 0 Å². The van der Waals surface area contributed by atoms with Gasteiger partial charge in [0.1, 0.15) is 0 Å². The lowest BCUT2D eigenvalue weighted by molar-refractivity contribution is -0.126. The minimum absolute atomic E-state index is 0.195. The summed E-state index contributed by atoms with van der Waals surface area (Å²) in [4.78, 5) is 13.2. The molecule has 0 saturated heterocycles. The summed E-state index contributed by atoms with van der Waals surface area (Å²) >= 11 is 0. The second kappa shape index (κ2) is 6.78. The van der Waals surface area contributed by atoms with E-state index in [0.29, 0.717) is 17.4 Å². The summed E-state index contributed by atoms with van der Waals surface area (Å²) < 4.78 is 0. The van der Waals surface area contributed by atoms with E-state index in [2.05, 4.69) is 64.2 Å². The molecule has 0 bridgehead atoms. The van der Waals surface area contributed by atoms with Gasteiger partial charge in [-0.15, -0.1) is 0 Å². The summed E-state index contributed by atoms with van der Waals surface area (Å²) in [5, 5.41) is 3.49. The summed E-state index contributed by atoms with van der Waals surface area (Å²) in [5.41, 5.74) is 2.25. The number of fused-ring (bicyclic) bond motifs is 1. The highest BCUT2D eigenvalue weighted by Crippen LogP contribution is 2.65. The molecule has 25 heavy (non-hydrogen) atoms. The SMILES string of the molecule is CCC[C@]12CCC(CC)C[C@@H]1[C@@H]2NC(=O)C(C)(C)c1cccc(C)c1. The fourth-order valence-electron chi connectivity index (χ4n) is 5.27. The lowest BCUT2D eigenvalue weighted by atomic mass is 9.78. The normalized spacial score (nSPS) is 31.3. The first-order chi connectivity index (χ1) is 11.8. The number of benzene rings is 1. The van der Waals surface area contributed by atoms with Crippen LogP contribution in [0.1, 0.15) is 77.3 Å². The van der Waals surface area contributed by atoms with Crippen molar-refractivity contribution in [3.8, 4) is 0 Å². The van der Waals surface area contributed by atoms with Crippen molar-refractivity contribution in [2.45, 2.75) is 84.6 Å². The van der Waals surface area contributed by atoms with Crippen LogP contribution in [0.25, 0.3) is 0 Å². The van der Waals surface area contributed by atoms with Crippen LogP contribution in [0.15, 0.2) is 24.3 Å². The van der Waals surface area contributed by atoms with Gasteiger partial charge in [0.25, 0.3) is 0 Å². The molecule has 138 valence electrons. The molecule has 4 atom stereocenters. The molecule has 1 N–H and O–H groups in total. The predicted octanol–water partition coefficient (Wildman–Crippen LogP) is 5.38. The number of hydrogen-bond acceptors (Lipinski definition) is 1. The van der Waals surface area contributed by atoms with E-state index >= 15 is 0 Å². The number of carbonyl (C=O) groups excluding carboxylic acids is 1. The molecule has 0 radical (unpaired) electrons. The minimum atomic E-state index is -0.477. The van der Waals surface area contributed by atoms with Crippen molar-refractivity contribution in [3.63, 3.8) is 0 Å². The maximum Gasteiger partial charge on any atom is 0.230 e. The first kappa shape index (κ1) is 18.5. The van der Waals surface area contributed by atoms with Gasteiger partial charge in [0.2, 0.25) is 5.91 Å². The van der Waals surface area contributed by atoms with E-state index in [0.717, 1.165) is 11.5 Å². The number of amides is 1. The van der Waals surface area contributed by atoms with Crippen LogP contribution < -0.4 is 5.32 Å². The third-order valence-electron chi connectivity index (χ3n) is 7.14. The first-order valence-electron chi connectivity index (χ1n) is 10.2. The van der Waals surface area contributed by atoms with E-state index in [9.17, 15) is 4.79 Å². The molecule has 2 heteroatoms. The molecule has 2 nitrogen and oxygen atoms in total. The van der Waals surface area contributed by atoms with Gasteiger partial charge in [-0.1, -0.05) is 56.5 Å². The van der Waals surface area contributed by atoms with Crippen LogP contribution in [0.2, 0.25) is 0 Å². The van der Waals surface area contributed by atoms with Gasteiger partial charge in [0, 0.05) is 6.04 Å². The molecule has 0 aliphatic heterocycles. The van der Waals surface area contributed by atoms with Crippen LogP contribution in [0.4, 0.5) is 0 Å². The fraction of sp³-hybridized carbons (Fsp3) is 0.696. The first-order valence-corrected chi connectivity index (χ1v) is 10.2. The lowest BCUT2D eigenvalue weighted by Gasteiger charge is -2.27. The maximum atomic E-state index is 13.2. The number of carbonyl (C=O) groups is 1. The minimum Gasteiger partial charge on any atom is -0.352 e. The standard InChI is InChI=1S/C23H35NO/c1-6-12-23-13-11-17(7-2)15-19(23)20(23)24-21(25)22(4,5)18-10-8-9-16(3)14-18/h8-10,14,17,19-20H,6-7,11-13,15H2,1-5H3,(H,24,25)/t17?,19-,20+,23+/m1/s1. The lowest BCUT2D eigenvalue weighted by Crippen LogP contribution is -2.42. The molecule has 1 unspecified atom stereocenters. The second-order valence-electron chi connectivity index (χ2n) is 9.08. The van der Waals surface area contributed by atoms with Crippen LogP contribution >= 0.6 is 0 Å². The van der Waals surface area contributed by atoms with E-state index < -0.39 is 5.41 Å². The summed E-state index contributed by atoms with van der Waals surface area (Å²) in [5.74, 6) is 1.77. The molecule has 3 rings (SSSR count). The summed E-state index contributed by atoms with van der Waals surface area (Å²) in [6.07, 6.45) is 7.74. The Morgan fingerprint density at radius 3 is 2.72 bits per heavy atom. The molecule has 2 aliphatic rings. The molecular formula is C23H35NO. The van der Waals surface area contributed by atoms with Crippen molar-refractivity contribution >= 4 is 5.91 Å². The summed E-state index contributed by atoms with van der Waals surface area (Å²) in [6.45, 7) is 10.8. The van der Waals surface area contributed by atoms with Gasteiger partial charge in [-0.25, -0.2) is 0 Å². The smallest absolute Gasteiger partial charge is 0.230 e. The zero-order chi connectivity index (χ0) is 18.2. The second-order valence-corrected chi connectivity index (χ2v) is 9.08. The van der Waals surface area contributed by atoms with Crippen LogP contribution in [-0.2, 0) is 10.2 Å². The molecule has 1 amide bonds. The Labute approximate surface area is 153 Å². The Morgan fingerprint density at radius 2 is 2.08 bits per heavy atom. The van der Waals surface area contributed by atoms with E-state index in [1.165, 1.54) is 44.1 Å². The molecule has 2 fully saturated rings. The monoisotopic (exact) mass is 341 g/mol. The van der Waals surface area contributed by atoms with Crippen LogP contribution in [0.5, 0.6) is 0 Å². The quantitative estimate of drug-likeness (QED) is 0.739. The van der Waals surface area contributed by atoms with Gasteiger partial charge in [-0.2, -0.15) is 0 Å². The van der Waals surface area contributed by atoms with E-state index in [-0.39, 0.29) is 5.91 Å². The Kier molecular flexibility index (Phi) is 5.01. The van der Waals surface area contributed by atoms with E-state index in [1.807, 2.05) is 0 Å². The molecule has 2 aliphatic carbocycles. The number of aryl methyl sites for hydroxylation is 1. The Morgan fingerprint density at radius 1 is 1.32 bits per heavy atom. The van der Waals surface area contributed by atoms with Crippen molar-refractivity contribution in [2.75, 3.05) is 0 Å². The maximum absolute atomic E-state index is 13.2.